The van der Waals surface area contributed by atoms with Gasteiger partial charge < -0.3 is 14.6 Å². The Morgan fingerprint density at radius 3 is 2.51 bits per heavy atom. The molecule has 1 fully saturated rings. The first kappa shape index (κ1) is 26.2. The van der Waals surface area contributed by atoms with Gasteiger partial charge in [0.25, 0.3) is 11.7 Å². The van der Waals surface area contributed by atoms with Crippen molar-refractivity contribution in [2.45, 2.75) is 26.8 Å². The Balaban J connectivity index is 1.88. The normalized spacial score (nSPS) is 16.9. The highest BCUT2D eigenvalue weighted by Gasteiger charge is 2.47. The first-order valence-electron chi connectivity index (χ1n) is 11.8. The lowest BCUT2D eigenvalue weighted by Crippen LogP contribution is -2.29. The number of hydrogen-bond donors (Lipinski definition) is 1. The zero-order valence-electron chi connectivity index (χ0n) is 20.9. The molecule has 1 aliphatic heterocycles. The lowest BCUT2D eigenvalue weighted by molar-refractivity contribution is -0.132. The molecule has 4 rings (SSSR count). The molecule has 3 aromatic rings. The van der Waals surface area contributed by atoms with E-state index in [2.05, 4.69) is 0 Å². The molecule has 1 N–H and O–H groups in total. The number of methoxy groups -OCH3 is 1. The summed E-state index contributed by atoms with van der Waals surface area (Å²) in [5, 5.41) is 11.2. The van der Waals surface area contributed by atoms with Crippen LogP contribution in [0.4, 0.5) is 10.1 Å². The number of Topliss-reactive ketones (excluding diaryl/α,β-unsaturated/α-hetero) is 1. The van der Waals surface area contributed by atoms with E-state index in [4.69, 9.17) is 21.1 Å². The zero-order chi connectivity index (χ0) is 26.9. The average molecular weight is 524 g/mol. The van der Waals surface area contributed by atoms with E-state index in [0.29, 0.717) is 35.2 Å². The Bertz CT molecular complexity index is 1400. The second-order valence-electron chi connectivity index (χ2n) is 9.23. The van der Waals surface area contributed by atoms with Crippen LogP contribution < -0.4 is 14.4 Å². The quantitative estimate of drug-likeness (QED) is 0.218. The standard InChI is InChI=1S/C29H27ClFNO5/c1-16(2)15-37-24-11-8-19(12-17(24)3)27(33)25-26(18-6-5-7-21(13-18)36-4)32(29(35)28(25)34)20-9-10-23(31)22(30)14-20/h5-14,16,26,33H,15H2,1-4H3/b27-25+. The number of halogens is 2. The van der Waals surface area contributed by atoms with E-state index >= 15 is 0 Å². The molecule has 0 aliphatic carbocycles. The SMILES string of the molecule is COc1cccc(C2/C(=C(\O)c3ccc(OCC(C)C)c(C)c3)C(=O)C(=O)N2c2ccc(F)c(Cl)c2)c1. The molecule has 1 atom stereocenters. The fourth-order valence-electron chi connectivity index (χ4n) is 4.23. The second kappa shape index (κ2) is 10.6. The predicted molar refractivity (Wildman–Crippen MR) is 141 cm³/mol. The number of aliphatic hydroxyl groups excluding tert-OH is 1. The number of aryl methyl sites for hydroxylation is 1. The van der Waals surface area contributed by atoms with Crippen LogP contribution >= 0.6 is 11.6 Å². The number of ether oxygens (including phenoxy) is 2. The van der Waals surface area contributed by atoms with Crippen LogP contribution in [0.3, 0.4) is 0 Å². The Hall–Kier alpha value is -3.84. The number of nitrogens with zero attached hydrogens (tertiary/aromatic N) is 1. The fourth-order valence-corrected chi connectivity index (χ4v) is 4.41. The van der Waals surface area contributed by atoms with Gasteiger partial charge in [-0.3, -0.25) is 14.5 Å². The topological polar surface area (TPSA) is 76.1 Å². The van der Waals surface area contributed by atoms with Crippen LogP contribution in [0.5, 0.6) is 11.5 Å². The second-order valence-corrected chi connectivity index (χ2v) is 9.64. The summed E-state index contributed by atoms with van der Waals surface area (Å²) in [7, 11) is 1.50. The summed E-state index contributed by atoms with van der Waals surface area (Å²) in [6.07, 6.45) is 0. The third-order valence-corrected chi connectivity index (χ3v) is 6.35. The number of carbonyl (C=O) groups is 2. The van der Waals surface area contributed by atoms with Gasteiger partial charge in [0.2, 0.25) is 0 Å². The summed E-state index contributed by atoms with van der Waals surface area (Å²) in [6.45, 7) is 6.46. The molecule has 0 saturated carbocycles. The minimum absolute atomic E-state index is 0.103. The van der Waals surface area contributed by atoms with E-state index in [-0.39, 0.29) is 22.0 Å². The van der Waals surface area contributed by atoms with Gasteiger partial charge in [0.1, 0.15) is 23.1 Å². The first-order chi connectivity index (χ1) is 17.6. The Labute approximate surface area is 219 Å². The molecule has 1 unspecified atom stereocenters. The van der Waals surface area contributed by atoms with Gasteiger partial charge in [-0.15, -0.1) is 0 Å². The highest BCUT2D eigenvalue weighted by molar-refractivity contribution is 6.51. The van der Waals surface area contributed by atoms with Crippen molar-refractivity contribution >= 4 is 34.7 Å². The molecule has 0 radical (unpaired) electrons. The third kappa shape index (κ3) is 5.18. The van der Waals surface area contributed by atoms with Crippen LogP contribution in [0.25, 0.3) is 5.76 Å². The maximum atomic E-state index is 13.9. The lowest BCUT2D eigenvalue weighted by Gasteiger charge is -2.26. The van der Waals surface area contributed by atoms with Gasteiger partial charge in [-0.25, -0.2) is 4.39 Å². The van der Waals surface area contributed by atoms with E-state index in [1.807, 2.05) is 20.8 Å². The number of ketones is 1. The molecule has 0 bridgehead atoms. The first-order valence-corrected chi connectivity index (χ1v) is 12.1. The van der Waals surface area contributed by atoms with Crippen LogP contribution in [0.2, 0.25) is 5.02 Å². The molecule has 0 aromatic heterocycles. The molecule has 8 heteroatoms. The molecule has 1 aliphatic rings. The summed E-state index contributed by atoms with van der Waals surface area (Å²) in [6, 6.07) is 14.7. The van der Waals surface area contributed by atoms with Crippen molar-refractivity contribution in [1.82, 2.24) is 0 Å². The molecule has 192 valence electrons. The van der Waals surface area contributed by atoms with Crippen molar-refractivity contribution in [3.05, 3.63) is 93.8 Å². The minimum atomic E-state index is -1.01. The van der Waals surface area contributed by atoms with E-state index in [1.165, 1.54) is 24.1 Å². The molecule has 6 nitrogen and oxygen atoms in total. The number of rotatable bonds is 7. The van der Waals surface area contributed by atoms with E-state index in [1.54, 1.807) is 42.5 Å². The predicted octanol–water partition coefficient (Wildman–Crippen LogP) is 6.46. The summed E-state index contributed by atoms with van der Waals surface area (Å²) >= 11 is 6.00. The number of anilines is 1. The average Bonchev–Trinajstić information content (AvgIpc) is 3.14. The van der Waals surface area contributed by atoms with Crippen LogP contribution in [0.15, 0.2) is 66.2 Å². The molecule has 37 heavy (non-hydrogen) atoms. The van der Waals surface area contributed by atoms with Crippen molar-refractivity contribution in [3.63, 3.8) is 0 Å². The minimum Gasteiger partial charge on any atom is -0.507 e. The van der Waals surface area contributed by atoms with Gasteiger partial charge in [0.05, 0.1) is 30.4 Å². The molecule has 1 heterocycles. The molecular weight excluding hydrogens is 497 g/mol. The number of hydrogen-bond acceptors (Lipinski definition) is 5. The number of benzene rings is 3. The van der Waals surface area contributed by atoms with Crippen molar-refractivity contribution in [2.24, 2.45) is 5.92 Å². The summed E-state index contributed by atoms with van der Waals surface area (Å²) in [5.74, 6) is -1.23. The van der Waals surface area contributed by atoms with Gasteiger partial charge in [-0.05, 0) is 72.5 Å². The van der Waals surface area contributed by atoms with Gasteiger partial charge in [0.15, 0.2) is 0 Å². The highest BCUT2D eigenvalue weighted by atomic mass is 35.5. The summed E-state index contributed by atoms with van der Waals surface area (Å²) in [5.41, 5.74) is 1.76. The molecule has 3 aromatic carbocycles. The van der Waals surface area contributed by atoms with Gasteiger partial charge in [0, 0.05) is 11.3 Å². The smallest absolute Gasteiger partial charge is 0.300 e. The largest absolute Gasteiger partial charge is 0.507 e. The van der Waals surface area contributed by atoms with Crippen LogP contribution in [0.1, 0.15) is 36.6 Å². The van der Waals surface area contributed by atoms with E-state index in [0.717, 1.165) is 11.6 Å². The lowest BCUT2D eigenvalue weighted by atomic mass is 9.94. The Morgan fingerprint density at radius 2 is 1.86 bits per heavy atom. The molecule has 1 amide bonds. The molecule has 1 saturated heterocycles. The van der Waals surface area contributed by atoms with Crippen molar-refractivity contribution in [1.29, 1.82) is 0 Å². The van der Waals surface area contributed by atoms with Gasteiger partial charge in [-0.2, -0.15) is 0 Å². The zero-order valence-corrected chi connectivity index (χ0v) is 21.7. The number of amides is 1. The fraction of sp³-hybridized carbons (Fsp3) is 0.241. The van der Waals surface area contributed by atoms with Crippen molar-refractivity contribution in [3.8, 4) is 11.5 Å². The van der Waals surface area contributed by atoms with Crippen LogP contribution in [-0.2, 0) is 9.59 Å². The molecule has 0 spiro atoms. The van der Waals surface area contributed by atoms with E-state index in [9.17, 15) is 19.1 Å². The van der Waals surface area contributed by atoms with Gasteiger partial charge >= 0.3 is 0 Å². The summed E-state index contributed by atoms with van der Waals surface area (Å²) in [4.78, 5) is 27.9. The molecular formula is C29H27ClFNO5. The van der Waals surface area contributed by atoms with Gasteiger partial charge in [-0.1, -0.05) is 37.6 Å². The van der Waals surface area contributed by atoms with E-state index < -0.39 is 23.5 Å². The maximum absolute atomic E-state index is 13.9. The maximum Gasteiger partial charge on any atom is 0.300 e. The Morgan fingerprint density at radius 1 is 1.11 bits per heavy atom. The Kier molecular flexibility index (Phi) is 7.55. The number of carbonyl (C=O) groups excluding carboxylic acids is 2. The van der Waals surface area contributed by atoms with Crippen LogP contribution in [0, 0.1) is 18.7 Å². The summed E-state index contributed by atoms with van der Waals surface area (Å²) < 4.78 is 25.1. The number of aliphatic hydroxyl groups is 1. The van der Waals surface area contributed by atoms with Crippen LogP contribution in [-0.4, -0.2) is 30.5 Å². The highest BCUT2D eigenvalue weighted by Crippen LogP contribution is 2.43. The van der Waals surface area contributed by atoms with Crippen molar-refractivity contribution < 1.29 is 28.6 Å². The van der Waals surface area contributed by atoms with Crippen molar-refractivity contribution in [2.75, 3.05) is 18.6 Å². The monoisotopic (exact) mass is 523 g/mol. The third-order valence-electron chi connectivity index (χ3n) is 6.06.